The Kier molecular flexibility index (Phi) is 7.44. The van der Waals surface area contributed by atoms with E-state index in [4.69, 9.17) is 9.40 Å². The third-order valence-corrected chi connectivity index (χ3v) is 9.26. The molecule has 1 saturated heterocycles. The highest BCUT2D eigenvalue weighted by molar-refractivity contribution is 7.17. The van der Waals surface area contributed by atoms with Crippen molar-refractivity contribution in [3.05, 3.63) is 111 Å². The third kappa shape index (κ3) is 5.39. The van der Waals surface area contributed by atoms with Gasteiger partial charge >= 0.3 is 0 Å². The second-order valence-corrected chi connectivity index (χ2v) is 12.2. The normalized spacial score (nSPS) is 15.4. The first-order valence-electron chi connectivity index (χ1n) is 14.5. The Morgan fingerprint density at radius 3 is 2.53 bits per heavy atom. The van der Waals surface area contributed by atoms with E-state index in [0.717, 1.165) is 30.5 Å². The number of aromatic nitrogens is 3. The Hall–Kier alpha value is -4.84. The van der Waals surface area contributed by atoms with Crippen molar-refractivity contribution >= 4 is 23.2 Å². The van der Waals surface area contributed by atoms with Gasteiger partial charge in [-0.3, -0.25) is 14.6 Å². The summed E-state index contributed by atoms with van der Waals surface area (Å²) in [6.07, 6.45) is 2.68. The van der Waals surface area contributed by atoms with Crippen LogP contribution < -0.4 is 5.32 Å². The summed E-state index contributed by atoms with van der Waals surface area (Å²) in [6.45, 7) is 2.31. The number of nitrogens with zero attached hydrogens (tertiary/aromatic N) is 4. The van der Waals surface area contributed by atoms with Crippen molar-refractivity contribution in [2.24, 2.45) is 0 Å². The maximum Gasteiger partial charge on any atom is 0.261 e. The number of carbonyl (C=O) groups excluding carboxylic acids is 2. The zero-order valence-corrected chi connectivity index (χ0v) is 24.9. The van der Waals surface area contributed by atoms with Crippen molar-refractivity contribution < 1.29 is 27.2 Å². The second kappa shape index (κ2) is 11.6. The van der Waals surface area contributed by atoms with Crippen molar-refractivity contribution in [2.45, 2.75) is 45.2 Å². The summed E-state index contributed by atoms with van der Waals surface area (Å²) in [5, 5.41) is 11.1. The summed E-state index contributed by atoms with van der Waals surface area (Å²) in [5.74, 6) is -2.24. The number of benzene rings is 2. The van der Waals surface area contributed by atoms with Crippen molar-refractivity contribution in [1.82, 2.24) is 25.4 Å². The molecule has 1 atom stereocenters. The van der Waals surface area contributed by atoms with Gasteiger partial charge in [-0.05, 0) is 73.2 Å². The van der Waals surface area contributed by atoms with Gasteiger partial charge in [0.2, 0.25) is 11.8 Å². The lowest BCUT2D eigenvalue weighted by Gasteiger charge is -2.16. The molecule has 12 heteroatoms. The molecule has 45 heavy (non-hydrogen) atoms. The summed E-state index contributed by atoms with van der Waals surface area (Å²) < 4.78 is 46.5. The standard InChI is InChI=1S/C33H26F3N5O3S/c1-17-39-40-32(44-17)27-23(11-7-18-4-8-20(34)9-5-18)38-30-24-3-2-14-41(24)33(43)29(30)28(27)25-12-13-26(45-25)31(42)37-16-19-6-10-21(35)22(36)15-19/h4-6,8-10,12-13,15,24H,2-3,7,11,14,16H2,1H3,(H,37,42). The molecule has 0 spiro atoms. The van der Waals surface area contributed by atoms with E-state index in [-0.39, 0.29) is 30.2 Å². The number of hydrogen-bond acceptors (Lipinski definition) is 7. The average Bonchev–Trinajstić information content (AvgIpc) is 3.84. The number of hydrogen-bond donors (Lipinski definition) is 1. The lowest BCUT2D eigenvalue weighted by atomic mass is 9.93. The van der Waals surface area contributed by atoms with Crippen LogP contribution in [0.15, 0.2) is 59.0 Å². The number of nitrogens with one attached hydrogen (secondary N) is 1. The Bertz CT molecular complexity index is 1960. The van der Waals surface area contributed by atoms with Gasteiger partial charge in [0.1, 0.15) is 5.82 Å². The smallest absolute Gasteiger partial charge is 0.261 e. The fraction of sp³-hybridized carbons (Fsp3) is 0.242. The number of carbonyl (C=O) groups is 2. The Balaban J connectivity index is 1.31. The largest absolute Gasteiger partial charge is 0.421 e. The minimum atomic E-state index is -0.990. The lowest BCUT2D eigenvalue weighted by molar-refractivity contribution is 0.0776. The zero-order valence-electron chi connectivity index (χ0n) is 24.1. The first kappa shape index (κ1) is 28.9. The monoisotopic (exact) mass is 629 g/mol. The van der Waals surface area contributed by atoms with Crippen LogP contribution in [0.5, 0.6) is 0 Å². The zero-order chi connectivity index (χ0) is 31.2. The predicted octanol–water partition coefficient (Wildman–Crippen LogP) is 6.59. The van der Waals surface area contributed by atoms with Crippen LogP contribution in [0.4, 0.5) is 13.2 Å². The highest BCUT2D eigenvalue weighted by Gasteiger charge is 2.44. The van der Waals surface area contributed by atoms with Gasteiger partial charge in [-0.2, -0.15) is 0 Å². The molecule has 1 N–H and O–H groups in total. The van der Waals surface area contributed by atoms with Crippen LogP contribution in [0.3, 0.4) is 0 Å². The van der Waals surface area contributed by atoms with E-state index >= 15 is 0 Å². The molecule has 0 saturated carbocycles. The van der Waals surface area contributed by atoms with Crippen LogP contribution in [0.25, 0.3) is 21.9 Å². The number of thiophene rings is 1. The molecule has 5 heterocycles. The molecule has 0 radical (unpaired) electrons. The summed E-state index contributed by atoms with van der Waals surface area (Å²) in [4.78, 5) is 35.0. The Labute approximate surface area is 259 Å². The van der Waals surface area contributed by atoms with Crippen LogP contribution in [-0.4, -0.2) is 38.4 Å². The summed E-state index contributed by atoms with van der Waals surface area (Å²) >= 11 is 1.20. The summed E-state index contributed by atoms with van der Waals surface area (Å²) in [7, 11) is 0. The molecule has 228 valence electrons. The van der Waals surface area contributed by atoms with E-state index in [1.54, 1.807) is 31.2 Å². The lowest BCUT2D eigenvalue weighted by Crippen LogP contribution is -2.23. The van der Waals surface area contributed by atoms with E-state index < -0.39 is 17.5 Å². The summed E-state index contributed by atoms with van der Waals surface area (Å²) in [6, 6.07) is 13.0. The van der Waals surface area contributed by atoms with Gasteiger partial charge in [0.15, 0.2) is 11.6 Å². The van der Waals surface area contributed by atoms with Crippen LogP contribution in [0.1, 0.15) is 67.3 Å². The molecule has 3 aromatic heterocycles. The predicted molar refractivity (Wildman–Crippen MR) is 160 cm³/mol. The molecule has 7 rings (SSSR count). The molecule has 2 amide bonds. The number of rotatable bonds is 8. The SMILES string of the molecule is Cc1nnc(-c2c(CCc3ccc(F)cc3)nc3c(c2-c2ccc(C(=O)NCc4ccc(F)c(F)c4)s2)C(=O)N2CCCC32)o1. The van der Waals surface area contributed by atoms with Crippen molar-refractivity contribution in [3.63, 3.8) is 0 Å². The highest BCUT2D eigenvalue weighted by Crippen LogP contribution is 2.49. The quantitative estimate of drug-likeness (QED) is 0.208. The molecule has 1 unspecified atom stereocenters. The van der Waals surface area contributed by atoms with E-state index in [9.17, 15) is 22.8 Å². The molecule has 2 aliphatic heterocycles. The average molecular weight is 630 g/mol. The first-order chi connectivity index (χ1) is 21.8. The number of pyridine rings is 1. The van der Waals surface area contributed by atoms with Crippen LogP contribution in [0, 0.1) is 24.4 Å². The van der Waals surface area contributed by atoms with Crippen LogP contribution in [-0.2, 0) is 19.4 Å². The molecular weight excluding hydrogens is 603 g/mol. The molecule has 8 nitrogen and oxygen atoms in total. The van der Waals surface area contributed by atoms with Crippen molar-refractivity contribution in [1.29, 1.82) is 0 Å². The number of amides is 2. The Morgan fingerprint density at radius 2 is 1.78 bits per heavy atom. The van der Waals surface area contributed by atoms with Gasteiger partial charge < -0.3 is 14.6 Å². The third-order valence-electron chi connectivity index (χ3n) is 8.16. The first-order valence-corrected chi connectivity index (χ1v) is 15.3. The molecule has 0 aliphatic carbocycles. The topological polar surface area (TPSA) is 101 Å². The minimum Gasteiger partial charge on any atom is -0.421 e. The van der Waals surface area contributed by atoms with Crippen LogP contribution in [0.2, 0.25) is 0 Å². The van der Waals surface area contributed by atoms with E-state index in [1.165, 1.54) is 29.5 Å². The van der Waals surface area contributed by atoms with Gasteiger partial charge in [0.25, 0.3) is 11.8 Å². The molecule has 2 aliphatic rings. The van der Waals surface area contributed by atoms with Gasteiger partial charge in [-0.15, -0.1) is 21.5 Å². The van der Waals surface area contributed by atoms with Gasteiger partial charge in [0, 0.05) is 30.5 Å². The minimum absolute atomic E-state index is 0.00307. The van der Waals surface area contributed by atoms with Gasteiger partial charge in [0.05, 0.1) is 33.4 Å². The second-order valence-electron chi connectivity index (χ2n) is 11.1. The van der Waals surface area contributed by atoms with Crippen molar-refractivity contribution in [3.8, 4) is 21.9 Å². The van der Waals surface area contributed by atoms with Gasteiger partial charge in [-0.1, -0.05) is 18.2 Å². The number of aryl methyl sites for hydroxylation is 3. The highest BCUT2D eigenvalue weighted by atomic mass is 32.1. The van der Waals surface area contributed by atoms with E-state index in [1.807, 2.05) is 4.90 Å². The molecular formula is C33H26F3N5O3S. The molecule has 0 bridgehead atoms. The number of halogens is 3. The molecule has 1 fully saturated rings. The maximum absolute atomic E-state index is 13.9. The number of fused-ring (bicyclic) bond motifs is 3. The van der Waals surface area contributed by atoms with Crippen LogP contribution >= 0.6 is 11.3 Å². The Morgan fingerprint density at radius 1 is 0.978 bits per heavy atom. The van der Waals surface area contributed by atoms with Gasteiger partial charge in [-0.25, -0.2) is 13.2 Å². The molecule has 5 aromatic rings. The van der Waals surface area contributed by atoms with E-state index in [0.29, 0.717) is 68.7 Å². The maximum atomic E-state index is 13.9. The fourth-order valence-electron chi connectivity index (χ4n) is 6.03. The van der Waals surface area contributed by atoms with E-state index in [2.05, 4.69) is 15.5 Å². The fourth-order valence-corrected chi connectivity index (χ4v) is 7.01. The van der Waals surface area contributed by atoms with Crippen molar-refractivity contribution in [2.75, 3.05) is 6.54 Å². The summed E-state index contributed by atoms with van der Waals surface area (Å²) in [5.41, 5.74) is 4.27. The molecule has 2 aromatic carbocycles.